The van der Waals surface area contributed by atoms with Crippen molar-refractivity contribution in [2.75, 3.05) is 29.9 Å². The van der Waals surface area contributed by atoms with Crippen molar-refractivity contribution in [2.24, 2.45) is 5.92 Å². The molecule has 1 saturated heterocycles. The van der Waals surface area contributed by atoms with E-state index >= 15 is 0 Å². The molecule has 122 valence electrons. The summed E-state index contributed by atoms with van der Waals surface area (Å²) in [6, 6.07) is 2.05. The summed E-state index contributed by atoms with van der Waals surface area (Å²) in [4.78, 5) is 9.27. The minimum Gasteiger partial charge on any atom is -0.356 e. The largest absolute Gasteiger partial charge is 0.356 e. The fourth-order valence-electron chi connectivity index (χ4n) is 2.95. The molecule has 5 nitrogen and oxygen atoms in total. The van der Waals surface area contributed by atoms with Crippen LogP contribution in [0.4, 0.5) is 11.5 Å². The standard InChI is InChI=1S/C18H25N5/c1-5-15(14(2)3)13-21(4)16-12-19-23-11-8-17(20-18(16)23)22-9-6-7-10-22/h5,8,11-14H,1,6-7,9-10H2,2-4H3/b15-13+. The molecular weight excluding hydrogens is 286 g/mol. The van der Waals surface area contributed by atoms with Crippen LogP contribution in [0.25, 0.3) is 5.65 Å². The van der Waals surface area contributed by atoms with Crippen molar-refractivity contribution in [2.45, 2.75) is 26.7 Å². The first kappa shape index (κ1) is 15.6. The number of nitrogens with zero attached hydrogens (tertiary/aromatic N) is 5. The lowest BCUT2D eigenvalue weighted by Gasteiger charge is -2.18. The van der Waals surface area contributed by atoms with Gasteiger partial charge in [0.25, 0.3) is 0 Å². The Hall–Kier alpha value is -2.30. The molecule has 3 rings (SSSR count). The highest BCUT2D eigenvalue weighted by Crippen LogP contribution is 2.24. The fraction of sp³-hybridized carbons (Fsp3) is 0.444. The normalized spacial score (nSPS) is 15.7. The van der Waals surface area contributed by atoms with E-state index in [9.17, 15) is 0 Å². The first-order valence-electron chi connectivity index (χ1n) is 8.26. The number of fused-ring (bicyclic) bond motifs is 1. The lowest BCUT2D eigenvalue weighted by Crippen LogP contribution is -2.19. The molecule has 3 heterocycles. The molecule has 1 aliphatic heterocycles. The number of rotatable bonds is 5. The van der Waals surface area contributed by atoms with Gasteiger partial charge < -0.3 is 9.80 Å². The van der Waals surface area contributed by atoms with Gasteiger partial charge in [-0.2, -0.15) is 5.10 Å². The zero-order chi connectivity index (χ0) is 16.4. The van der Waals surface area contributed by atoms with Gasteiger partial charge in [0, 0.05) is 32.5 Å². The van der Waals surface area contributed by atoms with Gasteiger partial charge in [-0.3, -0.25) is 0 Å². The Morgan fingerprint density at radius 3 is 2.74 bits per heavy atom. The molecule has 0 saturated carbocycles. The highest BCUT2D eigenvalue weighted by Gasteiger charge is 2.16. The molecule has 0 radical (unpaired) electrons. The van der Waals surface area contributed by atoms with E-state index in [1.54, 1.807) is 0 Å². The Bertz CT molecular complexity index is 722. The summed E-state index contributed by atoms with van der Waals surface area (Å²) >= 11 is 0. The molecule has 23 heavy (non-hydrogen) atoms. The quantitative estimate of drug-likeness (QED) is 0.792. The Morgan fingerprint density at radius 1 is 1.35 bits per heavy atom. The third-order valence-corrected chi connectivity index (χ3v) is 4.39. The molecule has 0 unspecified atom stereocenters. The van der Waals surface area contributed by atoms with Crippen molar-refractivity contribution in [3.8, 4) is 0 Å². The van der Waals surface area contributed by atoms with Crippen molar-refractivity contribution >= 4 is 17.2 Å². The SMILES string of the molecule is C=C/C(=C\N(C)c1cnn2ccc(N3CCCC3)nc12)C(C)C. The minimum atomic E-state index is 0.435. The number of allylic oxidation sites excluding steroid dienone is 2. The number of hydrogen-bond donors (Lipinski definition) is 0. The van der Waals surface area contributed by atoms with E-state index in [0.717, 1.165) is 30.2 Å². The number of hydrogen-bond acceptors (Lipinski definition) is 4. The Morgan fingerprint density at radius 2 is 2.09 bits per heavy atom. The van der Waals surface area contributed by atoms with E-state index < -0.39 is 0 Å². The van der Waals surface area contributed by atoms with Gasteiger partial charge in [0.05, 0.1) is 6.20 Å². The average molecular weight is 311 g/mol. The van der Waals surface area contributed by atoms with Crippen molar-refractivity contribution in [3.05, 3.63) is 42.9 Å². The summed E-state index contributed by atoms with van der Waals surface area (Å²) in [6.07, 6.45) is 10.4. The smallest absolute Gasteiger partial charge is 0.181 e. The summed E-state index contributed by atoms with van der Waals surface area (Å²) in [5.74, 6) is 1.48. The first-order valence-corrected chi connectivity index (χ1v) is 8.26. The van der Waals surface area contributed by atoms with Crippen LogP contribution in [-0.4, -0.2) is 34.7 Å². The molecule has 1 fully saturated rings. The third kappa shape index (κ3) is 3.09. The van der Waals surface area contributed by atoms with Gasteiger partial charge in [-0.15, -0.1) is 0 Å². The Kier molecular flexibility index (Phi) is 4.37. The maximum absolute atomic E-state index is 4.85. The highest BCUT2D eigenvalue weighted by atomic mass is 15.3. The summed E-state index contributed by atoms with van der Waals surface area (Å²) < 4.78 is 1.84. The number of anilines is 2. The lowest BCUT2D eigenvalue weighted by atomic mass is 10.0. The maximum Gasteiger partial charge on any atom is 0.181 e. The molecule has 5 heteroatoms. The molecule has 0 aliphatic carbocycles. The van der Waals surface area contributed by atoms with Gasteiger partial charge in [-0.1, -0.05) is 26.5 Å². The summed E-state index contributed by atoms with van der Waals surface area (Å²) in [6.45, 7) is 10.4. The van der Waals surface area contributed by atoms with Gasteiger partial charge in [-0.05, 0) is 30.4 Å². The molecule has 0 aromatic carbocycles. The minimum absolute atomic E-state index is 0.435. The summed E-state index contributed by atoms with van der Waals surface area (Å²) in [5, 5.41) is 4.42. The Labute approximate surface area is 137 Å². The van der Waals surface area contributed by atoms with Gasteiger partial charge in [0.1, 0.15) is 11.5 Å². The predicted molar refractivity (Wildman–Crippen MR) is 96.0 cm³/mol. The van der Waals surface area contributed by atoms with E-state index in [2.05, 4.69) is 41.5 Å². The molecular formula is C18H25N5. The Balaban J connectivity index is 1.97. The van der Waals surface area contributed by atoms with Crippen molar-refractivity contribution in [3.63, 3.8) is 0 Å². The van der Waals surface area contributed by atoms with Gasteiger partial charge in [0.15, 0.2) is 5.65 Å². The number of aromatic nitrogens is 3. The van der Waals surface area contributed by atoms with Crippen LogP contribution in [-0.2, 0) is 0 Å². The fourth-order valence-corrected chi connectivity index (χ4v) is 2.95. The van der Waals surface area contributed by atoms with E-state index in [1.807, 2.05) is 36.1 Å². The molecule has 0 atom stereocenters. The molecule has 1 aliphatic rings. The van der Waals surface area contributed by atoms with Crippen LogP contribution in [0.5, 0.6) is 0 Å². The van der Waals surface area contributed by atoms with Crippen LogP contribution in [0.1, 0.15) is 26.7 Å². The van der Waals surface area contributed by atoms with E-state index in [4.69, 9.17) is 4.98 Å². The van der Waals surface area contributed by atoms with Crippen molar-refractivity contribution in [1.82, 2.24) is 14.6 Å². The van der Waals surface area contributed by atoms with E-state index in [-0.39, 0.29) is 0 Å². The van der Waals surface area contributed by atoms with E-state index in [0.29, 0.717) is 5.92 Å². The summed E-state index contributed by atoms with van der Waals surface area (Å²) in [7, 11) is 2.03. The maximum atomic E-state index is 4.85. The third-order valence-electron chi connectivity index (χ3n) is 4.39. The van der Waals surface area contributed by atoms with Crippen LogP contribution < -0.4 is 9.80 Å². The lowest BCUT2D eigenvalue weighted by molar-refractivity contribution is 0.786. The average Bonchev–Trinajstić information content (AvgIpc) is 3.20. The second kappa shape index (κ2) is 6.44. The van der Waals surface area contributed by atoms with Crippen LogP contribution in [0.15, 0.2) is 42.9 Å². The van der Waals surface area contributed by atoms with Crippen molar-refractivity contribution < 1.29 is 0 Å². The van der Waals surface area contributed by atoms with Crippen molar-refractivity contribution in [1.29, 1.82) is 0 Å². The zero-order valence-corrected chi connectivity index (χ0v) is 14.2. The second-order valence-electron chi connectivity index (χ2n) is 6.38. The first-order chi connectivity index (χ1) is 11.1. The van der Waals surface area contributed by atoms with Crippen LogP contribution >= 0.6 is 0 Å². The molecule has 0 spiro atoms. The van der Waals surface area contributed by atoms with Crippen LogP contribution in [0, 0.1) is 5.92 Å². The predicted octanol–water partition coefficient (Wildman–Crippen LogP) is 3.49. The second-order valence-corrected chi connectivity index (χ2v) is 6.38. The molecule has 0 N–H and O–H groups in total. The van der Waals surface area contributed by atoms with Gasteiger partial charge >= 0.3 is 0 Å². The monoisotopic (exact) mass is 311 g/mol. The van der Waals surface area contributed by atoms with E-state index in [1.165, 1.54) is 18.4 Å². The van der Waals surface area contributed by atoms with Gasteiger partial charge in [0.2, 0.25) is 0 Å². The molecule has 0 amide bonds. The highest BCUT2D eigenvalue weighted by molar-refractivity contribution is 5.71. The topological polar surface area (TPSA) is 36.7 Å². The van der Waals surface area contributed by atoms with Crippen LogP contribution in [0.2, 0.25) is 0 Å². The molecule has 2 aromatic rings. The summed E-state index contributed by atoms with van der Waals surface area (Å²) in [5.41, 5.74) is 3.09. The van der Waals surface area contributed by atoms with Crippen LogP contribution in [0.3, 0.4) is 0 Å². The zero-order valence-electron chi connectivity index (χ0n) is 14.2. The molecule has 2 aromatic heterocycles. The molecule has 0 bridgehead atoms. The van der Waals surface area contributed by atoms with Gasteiger partial charge in [-0.25, -0.2) is 9.50 Å².